The van der Waals surface area contributed by atoms with Gasteiger partial charge in [-0.15, -0.1) is 0 Å². The van der Waals surface area contributed by atoms with Crippen molar-refractivity contribution < 1.29 is 29.6 Å². The Morgan fingerprint density at radius 1 is 0.886 bits per heavy atom. The van der Waals surface area contributed by atoms with Crippen LogP contribution in [-0.4, -0.2) is 65.3 Å². The lowest BCUT2D eigenvalue weighted by Crippen LogP contribution is -2.35. The van der Waals surface area contributed by atoms with Crippen LogP contribution in [0.5, 0.6) is 23.0 Å². The van der Waals surface area contributed by atoms with E-state index in [1.165, 1.54) is 49.6 Å². The number of methoxy groups -OCH3 is 1. The molecule has 2 amide bonds. The number of amides is 2. The highest BCUT2D eigenvalue weighted by molar-refractivity contribution is 6.07. The maximum absolute atomic E-state index is 12.9. The number of carbonyl (C=O) groups excluding carboxylic acids is 2. The topological polar surface area (TPSA) is 145 Å². The normalized spacial score (nSPS) is 11.3. The number of ether oxygens (including phenoxy) is 1. The summed E-state index contributed by atoms with van der Waals surface area (Å²) in [5.74, 6) is -1.31. The highest BCUT2D eigenvalue weighted by Crippen LogP contribution is 2.27. The van der Waals surface area contributed by atoms with Crippen LogP contribution in [0.4, 0.5) is 0 Å². The van der Waals surface area contributed by atoms with Gasteiger partial charge in [0.1, 0.15) is 0 Å². The first kappa shape index (κ1) is 27.4. The predicted molar refractivity (Wildman–Crippen MR) is 135 cm³/mol. The van der Waals surface area contributed by atoms with E-state index < -0.39 is 11.8 Å². The lowest BCUT2D eigenvalue weighted by molar-refractivity contribution is -0.138. The largest absolute Gasteiger partial charge is 0.504 e. The maximum Gasteiger partial charge on any atom is 0.253 e. The lowest BCUT2D eigenvalue weighted by Gasteiger charge is -2.18. The van der Waals surface area contributed by atoms with E-state index in [2.05, 4.69) is 5.32 Å². The summed E-state index contributed by atoms with van der Waals surface area (Å²) in [5, 5.41) is 32.1. The summed E-state index contributed by atoms with van der Waals surface area (Å²) >= 11 is 0. The van der Waals surface area contributed by atoms with E-state index in [9.17, 15) is 24.9 Å². The van der Waals surface area contributed by atoms with E-state index in [1.54, 1.807) is 18.2 Å². The summed E-state index contributed by atoms with van der Waals surface area (Å²) in [6, 6.07) is 8.83. The monoisotopic (exact) mass is 483 g/mol. The molecule has 0 radical (unpaired) electrons. The highest BCUT2D eigenvalue weighted by Gasteiger charge is 2.17. The van der Waals surface area contributed by atoms with Crippen molar-refractivity contribution in [1.29, 1.82) is 0 Å². The molecule has 0 heterocycles. The molecule has 0 saturated heterocycles. The van der Waals surface area contributed by atoms with E-state index in [0.29, 0.717) is 24.1 Å². The number of nitrogens with two attached hydrogens (primary N) is 1. The summed E-state index contributed by atoms with van der Waals surface area (Å²) in [4.78, 5) is 26.9. The Hall–Kier alpha value is -3.82. The van der Waals surface area contributed by atoms with E-state index in [-0.39, 0.29) is 29.5 Å². The fourth-order valence-corrected chi connectivity index (χ4v) is 3.16. The molecule has 2 aromatic carbocycles. The number of unbranched alkanes of at least 4 members (excludes halogenated alkanes) is 1. The summed E-state index contributed by atoms with van der Waals surface area (Å²) in [6.07, 6.45) is 7.82. The Morgan fingerprint density at radius 2 is 1.49 bits per heavy atom. The molecule has 0 saturated carbocycles. The van der Waals surface area contributed by atoms with Crippen LogP contribution in [0, 0.1) is 0 Å². The molecule has 2 aromatic rings. The Balaban J connectivity index is 2.10. The van der Waals surface area contributed by atoms with Crippen molar-refractivity contribution >= 4 is 24.0 Å². The maximum atomic E-state index is 12.9. The number of rotatable bonds is 13. The second-order valence-corrected chi connectivity index (χ2v) is 7.77. The third-order valence-corrected chi connectivity index (χ3v) is 5.11. The minimum atomic E-state index is -0.508. The molecular formula is C26H33N3O6. The van der Waals surface area contributed by atoms with Crippen molar-refractivity contribution in [2.24, 2.45) is 5.73 Å². The first-order valence-electron chi connectivity index (χ1n) is 11.4. The van der Waals surface area contributed by atoms with Gasteiger partial charge in [-0.05, 0) is 86.4 Å². The molecule has 9 heteroatoms. The van der Waals surface area contributed by atoms with Gasteiger partial charge in [0, 0.05) is 18.7 Å². The number of aromatic hydroxyl groups is 3. The molecule has 0 fully saturated rings. The van der Waals surface area contributed by atoms with Gasteiger partial charge in [0.15, 0.2) is 23.0 Å². The molecule has 0 atom stereocenters. The number of nitrogens with zero attached hydrogens (tertiary/aromatic N) is 1. The molecule has 35 heavy (non-hydrogen) atoms. The number of benzene rings is 2. The fourth-order valence-electron chi connectivity index (χ4n) is 3.16. The van der Waals surface area contributed by atoms with Crippen molar-refractivity contribution in [2.45, 2.75) is 19.3 Å². The highest BCUT2D eigenvalue weighted by atomic mass is 16.5. The van der Waals surface area contributed by atoms with Crippen LogP contribution >= 0.6 is 0 Å². The molecule has 6 N–H and O–H groups in total. The van der Waals surface area contributed by atoms with Gasteiger partial charge in [0.05, 0.1) is 7.11 Å². The number of hydrogen-bond donors (Lipinski definition) is 5. The van der Waals surface area contributed by atoms with Gasteiger partial charge in [-0.25, -0.2) is 0 Å². The molecule has 0 aromatic heterocycles. The Kier molecular flexibility index (Phi) is 11.3. The van der Waals surface area contributed by atoms with Crippen molar-refractivity contribution in [3.8, 4) is 23.0 Å². The lowest BCUT2D eigenvalue weighted by atomic mass is 10.1. The van der Waals surface area contributed by atoms with Crippen molar-refractivity contribution in [3.63, 3.8) is 0 Å². The molecule has 188 valence electrons. The summed E-state index contributed by atoms with van der Waals surface area (Å²) in [6.45, 7) is 2.42. The molecule has 9 nitrogen and oxygen atoms in total. The van der Waals surface area contributed by atoms with Gasteiger partial charge >= 0.3 is 0 Å². The predicted octanol–water partition coefficient (Wildman–Crippen LogP) is 2.61. The van der Waals surface area contributed by atoms with E-state index >= 15 is 0 Å². The Morgan fingerprint density at radius 3 is 2.09 bits per heavy atom. The van der Waals surface area contributed by atoms with Crippen molar-refractivity contribution in [2.75, 3.05) is 33.3 Å². The molecule has 0 aliphatic carbocycles. The van der Waals surface area contributed by atoms with E-state index in [4.69, 9.17) is 10.5 Å². The van der Waals surface area contributed by atoms with Gasteiger partial charge in [-0.1, -0.05) is 12.1 Å². The van der Waals surface area contributed by atoms with Gasteiger partial charge in [0.2, 0.25) is 0 Å². The first-order valence-corrected chi connectivity index (χ1v) is 11.4. The van der Waals surface area contributed by atoms with Gasteiger partial charge in [0.25, 0.3) is 11.8 Å². The third kappa shape index (κ3) is 9.15. The van der Waals surface area contributed by atoms with Crippen LogP contribution in [0.2, 0.25) is 0 Å². The second kappa shape index (κ2) is 14.4. The number of hydrogen-bond acceptors (Lipinski definition) is 8. The summed E-state index contributed by atoms with van der Waals surface area (Å²) < 4.78 is 5.08. The van der Waals surface area contributed by atoms with Crippen LogP contribution in [-0.2, 0) is 9.59 Å². The van der Waals surface area contributed by atoms with Crippen LogP contribution in [0.15, 0.2) is 48.6 Å². The smallest absolute Gasteiger partial charge is 0.253 e. The second-order valence-electron chi connectivity index (χ2n) is 7.77. The SMILES string of the molecule is COc1cc(C=CC(=O)N(CCCCNCCCN)C(=O)C=Cc2ccc(O)c(O)c2)ccc1O. The zero-order valence-electron chi connectivity index (χ0n) is 19.8. The molecule has 0 bridgehead atoms. The standard InChI is InChI=1S/C26H33N3O6/c1-35-24-18-20(6-10-22(24)31)8-12-26(34)29(16-3-2-14-28-15-4-13-27)25(33)11-7-19-5-9-21(30)23(32)17-19/h5-12,17-18,28,30-32H,2-4,13-16,27H2,1H3. The summed E-state index contributed by atoms with van der Waals surface area (Å²) in [5.41, 5.74) is 6.60. The van der Waals surface area contributed by atoms with Gasteiger partial charge < -0.3 is 31.1 Å². The third-order valence-electron chi connectivity index (χ3n) is 5.11. The molecule has 0 unspecified atom stereocenters. The van der Waals surface area contributed by atoms with Crippen LogP contribution < -0.4 is 15.8 Å². The van der Waals surface area contributed by atoms with Crippen LogP contribution in [0.25, 0.3) is 12.2 Å². The van der Waals surface area contributed by atoms with E-state index in [1.807, 2.05) is 0 Å². The number of phenolic OH excluding ortho intramolecular Hbond substituents is 3. The number of imide groups is 1. The fraction of sp³-hybridized carbons (Fsp3) is 0.308. The summed E-state index contributed by atoms with van der Waals surface area (Å²) in [7, 11) is 1.43. The Labute approximate surface area is 205 Å². The Bertz CT molecular complexity index is 1050. The number of carbonyl (C=O) groups is 2. The average Bonchev–Trinajstić information content (AvgIpc) is 2.85. The minimum Gasteiger partial charge on any atom is -0.504 e. The quantitative estimate of drug-likeness (QED) is 0.166. The first-order chi connectivity index (χ1) is 16.8. The molecule has 0 aliphatic rings. The molecular weight excluding hydrogens is 450 g/mol. The molecule has 0 aliphatic heterocycles. The zero-order valence-corrected chi connectivity index (χ0v) is 19.8. The molecule has 2 rings (SSSR count). The molecule has 0 spiro atoms. The van der Waals surface area contributed by atoms with Gasteiger partial charge in [-0.3, -0.25) is 14.5 Å². The van der Waals surface area contributed by atoms with Gasteiger partial charge in [-0.2, -0.15) is 0 Å². The zero-order chi connectivity index (χ0) is 25.6. The van der Waals surface area contributed by atoms with Crippen LogP contribution in [0.1, 0.15) is 30.4 Å². The van der Waals surface area contributed by atoms with E-state index in [0.717, 1.165) is 30.8 Å². The number of nitrogens with one attached hydrogen (secondary N) is 1. The van der Waals surface area contributed by atoms with Crippen LogP contribution in [0.3, 0.4) is 0 Å². The van der Waals surface area contributed by atoms with Crippen molar-refractivity contribution in [1.82, 2.24) is 10.2 Å². The van der Waals surface area contributed by atoms with Crippen molar-refractivity contribution in [3.05, 3.63) is 59.7 Å². The average molecular weight is 484 g/mol. The minimum absolute atomic E-state index is 0.0155. The number of phenols is 3.